The van der Waals surface area contributed by atoms with E-state index in [9.17, 15) is 19.2 Å². The highest BCUT2D eigenvalue weighted by atomic mass is 32.1. The first kappa shape index (κ1) is 19.9. The number of imide groups is 2. The molecule has 11 heteroatoms. The van der Waals surface area contributed by atoms with Crippen molar-refractivity contribution in [3.63, 3.8) is 0 Å². The van der Waals surface area contributed by atoms with Gasteiger partial charge in [-0.3, -0.25) is 29.4 Å². The summed E-state index contributed by atoms with van der Waals surface area (Å²) in [5, 5.41) is 19.1. The highest BCUT2D eigenvalue weighted by Gasteiger charge is 2.44. The lowest BCUT2D eigenvalue weighted by Gasteiger charge is -2.27. The summed E-state index contributed by atoms with van der Waals surface area (Å²) in [7, 11) is 0. The van der Waals surface area contributed by atoms with E-state index in [4.69, 9.17) is 0 Å². The fourth-order valence-corrected chi connectivity index (χ4v) is 4.82. The SMILES string of the molecule is O=C1CCC(N2C(=O)c3ccc(CNCc4nnc(C5CNC5)s4)cc3C2=O)C(=O)N1. The first-order valence-electron chi connectivity index (χ1n) is 10.1. The number of amides is 4. The molecule has 10 nitrogen and oxygen atoms in total. The number of aromatic nitrogens is 2. The number of fused-ring (bicyclic) bond motifs is 1. The minimum Gasteiger partial charge on any atom is -0.315 e. The number of benzene rings is 1. The van der Waals surface area contributed by atoms with Crippen molar-refractivity contribution in [3.8, 4) is 0 Å². The number of carbonyl (C=O) groups excluding carboxylic acids is 4. The van der Waals surface area contributed by atoms with Gasteiger partial charge in [0.25, 0.3) is 11.8 Å². The van der Waals surface area contributed by atoms with Gasteiger partial charge in [0.05, 0.1) is 11.1 Å². The first-order valence-corrected chi connectivity index (χ1v) is 10.9. The number of rotatable bonds is 6. The van der Waals surface area contributed by atoms with Crippen LogP contribution in [0.1, 0.15) is 55.1 Å². The van der Waals surface area contributed by atoms with E-state index in [1.54, 1.807) is 29.5 Å². The highest BCUT2D eigenvalue weighted by Crippen LogP contribution is 2.28. The van der Waals surface area contributed by atoms with Crippen molar-refractivity contribution in [1.82, 2.24) is 31.0 Å². The van der Waals surface area contributed by atoms with Crippen molar-refractivity contribution in [1.29, 1.82) is 0 Å². The summed E-state index contributed by atoms with van der Waals surface area (Å²) in [6.07, 6.45) is 0.245. The van der Waals surface area contributed by atoms with E-state index in [1.165, 1.54) is 0 Å². The highest BCUT2D eigenvalue weighted by molar-refractivity contribution is 7.11. The van der Waals surface area contributed by atoms with Crippen LogP contribution in [0.2, 0.25) is 0 Å². The van der Waals surface area contributed by atoms with E-state index in [1.807, 2.05) is 0 Å². The Kier molecular flexibility index (Phi) is 5.08. The number of hydrogen-bond donors (Lipinski definition) is 3. The predicted octanol–water partition coefficient (Wildman–Crippen LogP) is -0.0841. The summed E-state index contributed by atoms with van der Waals surface area (Å²) in [4.78, 5) is 50.1. The summed E-state index contributed by atoms with van der Waals surface area (Å²) in [5.74, 6) is -1.54. The van der Waals surface area contributed by atoms with Crippen LogP contribution in [0, 0.1) is 0 Å². The summed E-state index contributed by atoms with van der Waals surface area (Å²) in [5.41, 5.74) is 1.41. The molecule has 1 aromatic heterocycles. The average molecular weight is 440 g/mol. The number of piperidine rings is 1. The Labute approximate surface area is 181 Å². The van der Waals surface area contributed by atoms with Gasteiger partial charge in [-0.05, 0) is 24.1 Å². The van der Waals surface area contributed by atoms with Gasteiger partial charge in [-0.1, -0.05) is 17.4 Å². The molecular formula is C20H20N6O4S. The molecule has 3 aliphatic rings. The second kappa shape index (κ2) is 7.91. The van der Waals surface area contributed by atoms with Crippen LogP contribution in [-0.4, -0.2) is 57.9 Å². The van der Waals surface area contributed by atoms with Crippen LogP contribution >= 0.6 is 11.3 Å². The minimum absolute atomic E-state index is 0.101. The molecule has 1 aromatic carbocycles. The number of nitrogens with one attached hydrogen (secondary N) is 3. The van der Waals surface area contributed by atoms with Crippen molar-refractivity contribution in [2.45, 2.75) is 37.9 Å². The van der Waals surface area contributed by atoms with Gasteiger partial charge < -0.3 is 10.6 Å². The standard InChI is InChI=1S/C20H20N6O4S/c27-15-4-3-14(17(28)23-15)26-19(29)12-2-1-10(5-13(12)20(26)30)6-21-9-16-24-25-18(31-16)11-7-22-8-11/h1-2,5,11,14,21-22H,3-4,6-9H2,(H,23,27,28). The van der Waals surface area contributed by atoms with Crippen molar-refractivity contribution in [3.05, 3.63) is 44.9 Å². The molecule has 0 radical (unpaired) electrons. The van der Waals surface area contributed by atoms with Gasteiger partial charge in [0.2, 0.25) is 11.8 Å². The molecule has 0 spiro atoms. The van der Waals surface area contributed by atoms with Crippen LogP contribution in [-0.2, 0) is 22.7 Å². The maximum atomic E-state index is 12.9. The van der Waals surface area contributed by atoms with Crippen LogP contribution in [0.25, 0.3) is 0 Å². The minimum atomic E-state index is -0.954. The molecule has 5 rings (SSSR count). The molecule has 0 aliphatic carbocycles. The lowest BCUT2D eigenvalue weighted by Crippen LogP contribution is -2.54. The molecule has 1 atom stereocenters. The second-order valence-electron chi connectivity index (χ2n) is 7.82. The fourth-order valence-electron chi connectivity index (χ4n) is 3.91. The Morgan fingerprint density at radius 3 is 2.61 bits per heavy atom. The molecule has 4 heterocycles. The zero-order chi connectivity index (χ0) is 21.5. The van der Waals surface area contributed by atoms with Gasteiger partial charge >= 0.3 is 0 Å². The van der Waals surface area contributed by atoms with Gasteiger partial charge in [-0.15, -0.1) is 10.2 Å². The molecule has 4 amide bonds. The number of nitrogens with zero attached hydrogens (tertiary/aromatic N) is 3. The molecule has 1 unspecified atom stereocenters. The summed E-state index contributed by atoms with van der Waals surface area (Å²) < 4.78 is 0. The van der Waals surface area contributed by atoms with Crippen LogP contribution in [0.15, 0.2) is 18.2 Å². The Bertz CT molecular complexity index is 1100. The van der Waals surface area contributed by atoms with E-state index < -0.39 is 29.7 Å². The molecule has 0 bridgehead atoms. The summed E-state index contributed by atoms with van der Waals surface area (Å²) in [6, 6.07) is 4.13. The molecule has 2 saturated heterocycles. The van der Waals surface area contributed by atoms with Crippen LogP contribution in [0.4, 0.5) is 0 Å². The third kappa shape index (κ3) is 3.64. The zero-order valence-corrected chi connectivity index (χ0v) is 17.3. The average Bonchev–Trinajstić information content (AvgIpc) is 3.25. The van der Waals surface area contributed by atoms with Crippen molar-refractivity contribution in [2.24, 2.45) is 0 Å². The smallest absolute Gasteiger partial charge is 0.262 e. The number of carbonyl (C=O) groups is 4. The number of hydrogen-bond acceptors (Lipinski definition) is 9. The third-order valence-corrected chi connectivity index (χ3v) is 6.81. The zero-order valence-electron chi connectivity index (χ0n) is 16.5. The Hall–Kier alpha value is -3.02. The van der Waals surface area contributed by atoms with Gasteiger partial charge in [0.1, 0.15) is 16.1 Å². The molecule has 3 aliphatic heterocycles. The molecule has 0 saturated carbocycles. The van der Waals surface area contributed by atoms with Gasteiger partial charge in [-0.2, -0.15) is 0 Å². The lowest BCUT2D eigenvalue weighted by atomic mass is 10.0. The second-order valence-corrected chi connectivity index (χ2v) is 8.91. The lowest BCUT2D eigenvalue weighted by molar-refractivity contribution is -0.136. The summed E-state index contributed by atoms with van der Waals surface area (Å²) in [6.45, 7) is 2.94. The Morgan fingerprint density at radius 1 is 1.06 bits per heavy atom. The molecule has 160 valence electrons. The monoisotopic (exact) mass is 440 g/mol. The van der Waals surface area contributed by atoms with E-state index in [0.717, 1.165) is 33.6 Å². The normalized spacial score (nSPS) is 21.3. The van der Waals surface area contributed by atoms with E-state index in [0.29, 0.717) is 19.0 Å². The van der Waals surface area contributed by atoms with E-state index in [2.05, 4.69) is 26.1 Å². The van der Waals surface area contributed by atoms with Gasteiger partial charge in [0, 0.05) is 38.5 Å². The predicted molar refractivity (Wildman–Crippen MR) is 109 cm³/mol. The fraction of sp³-hybridized carbons (Fsp3) is 0.400. The molecule has 2 fully saturated rings. The summed E-state index contributed by atoms with van der Waals surface area (Å²) >= 11 is 1.60. The van der Waals surface area contributed by atoms with Gasteiger partial charge in [0.15, 0.2) is 0 Å². The van der Waals surface area contributed by atoms with Crippen LogP contribution in [0.3, 0.4) is 0 Å². The molecule has 31 heavy (non-hydrogen) atoms. The maximum Gasteiger partial charge on any atom is 0.262 e. The molecular weight excluding hydrogens is 420 g/mol. The maximum absolute atomic E-state index is 12.9. The van der Waals surface area contributed by atoms with E-state index >= 15 is 0 Å². The van der Waals surface area contributed by atoms with Crippen LogP contribution < -0.4 is 16.0 Å². The third-order valence-electron chi connectivity index (χ3n) is 5.72. The topological polar surface area (TPSA) is 133 Å². The molecule has 2 aromatic rings. The van der Waals surface area contributed by atoms with Crippen molar-refractivity contribution < 1.29 is 19.2 Å². The van der Waals surface area contributed by atoms with Gasteiger partial charge in [-0.25, -0.2) is 0 Å². The molecule has 3 N–H and O–H groups in total. The Balaban J connectivity index is 1.24. The van der Waals surface area contributed by atoms with Crippen molar-refractivity contribution in [2.75, 3.05) is 13.1 Å². The first-order chi connectivity index (χ1) is 15.0. The van der Waals surface area contributed by atoms with Crippen molar-refractivity contribution >= 4 is 35.0 Å². The van der Waals surface area contributed by atoms with E-state index in [-0.39, 0.29) is 24.0 Å². The Morgan fingerprint density at radius 2 is 1.87 bits per heavy atom. The quantitative estimate of drug-likeness (QED) is 0.531. The largest absolute Gasteiger partial charge is 0.315 e. The van der Waals surface area contributed by atoms with Crippen LogP contribution in [0.5, 0.6) is 0 Å².